The minimum atomic E-state index is -1.72. The van der Waals surface area contributed by atoms with Gasteiger partial charge in [0, 0.05) is 45.1 Å². The zero-order valence-electron chi connectivity index (χ0n) is 24.0. The monoisotopic (exact) mass is 771 g/mol. The van der Waals surface area contributed by atoms with Crippen molar-refractivity contribution in [3.05, 3.63) is 109 Å². The summed E-state index contributed by atoms with van der Waals surface area (Å²) in [6.07, 6.45) is 5.29. The maximum atomic E-state index is 14.3. The molecular weight excluding hydrogens is 738 g/mol. The Morgan fingerprint density at radius 1 is 0.925 bits per heavy atom. The number of fused-ring (bicyclic) bond motifs is 3. The maximum Gasteiger partial charge on any atom is 0 e. The summed E-state index contributed by atoms with van der Waals surface area (Å²) in [7, 11) is 0. The van der Waals surface area contributed by atoms with E-state index in [1.165, 1.54) is 10.5 Å². The molecule has 4 heterocycles. The molecule has 0 fully saturated rings. The van der Waals surface area contributed by atoms with Crippen LogP contribution in [0.25, 0.3) is 44.6 Å². The second-order valence-corrected chi connectivity index (χ2v) is 21.2. The van der Waals surface area contributed by atoms with Crippen molar-refractivity contribution in [2.75, 3.05) is 0 Å². The number of furan rings is 1. The van der Waals surface area contributed by atoms with Gasteiger partial charge in [-0.25, -0.2) is 4.98 Å². The molecule has 0 saturated carbocycles. The molecule has 2 aromatic carbocycles. The van der Waals surface area contributed by atoms with Gasteiger partial charge < -0.3 is 9.40 Å². The number of hydrogen-bond acceptors (Lipinski definition) is 4. The van der Waals surface area contributed by atoms with E-state index in [9.17, 15) is 4.39 Å². The van der Waals surface area contributed by atoms with Gasteiger partial charge in [-0.05, 0) is 35.2 Å². The third kappa shape index (κ3) is 6.41. The zero-order chi connectivity index (χ0) is 28.5. The Morgan fingerprint density at radius 3 is 2.42 bits per heavy atom. The van der Waals surface area contributed by atoms with Crippen molar-refractivity contribution in [2.45, 2.75) is 37.0 Å². The van der Waals surface area contributed by atoms with Gasteiger partial charge >= 0.3 is 99.8 Å². The normalized spacial score (nSPS) is 11.9. The van der Waals surface area contributed by atoms with Gasteiger partial charge in [-0.2, -0.15) is 0 Å². The van der Waals surface area contributed by atoms with Crippen LogP contribution in [0.1, 0.15) is 26.7 Å². The molecule has 0 aliphatic heterocycles. The van der Waals surface area contributed by atoms with Crippen molar-refractivity contribution in [2.24, 2.45) is 0 Å². The van der Waals surface area contributed by atoms with Gasteiger partial charge in [0.15, 0.2) is 0 Å². The summed E-state index contributed by atoms with van der Waals surface area (Å²) >= 11 is -1.72. The Morgan fingerprint density at radius 2 is 1.75 bits per heavy atom. The van der Waals surface area contributed by atoms with Crippen LogP contribution in [-0.2, 0) is 20.1 Å². The Hall–Kier alpha value is -3.19. The average Bonchev–Trinajstić information content (AvgIpc) is 3.34. The second-order valence-electron chi connectivity index (χ2n) is 10.6. The van der Waals surface area contributed by atoms with E-state index in [4.69, 9.17) is 5.79 Å². The van der Waals surface area contributed by atoms with Gasteiger partial charge in [-0.1, -0.05) is 31.0 Å². The fourth-order valence-corrected chi connectivity index (χ4v) is 6.41. The molecule has 0 aliphatic rings. The van der Waals surface area contributed by atoms with Crippen LogP contribution < -0.4 is 4.40 Å². The van der Waals surface area contributed by atoms with Crippen LogP contribution in [0.15, 0.2) is 89.7 Å². The van der Waals surface area contributed by atoms with Gasteiger partial charge in [-0.3, -0.25) is 4.39 Å². The number of rotatable bonds is 4. The first kappa shape index (κ1) is 28.3. The Bertz CT molecular complexity index is 1780. The minimum absolute atomic E-state index is 0. The number of aromatic nitrogens is 3. The third-order valence-electron chi connectivity index (χ3n) is 6.48. The van der Waals surface area contributed by atoms with Crippen molar-refractivity contribution >= 4 is 39.7 Å². The number of hydrogen-bond donors (Lipinski definition) is 0. The Balaban J connectivity index is 0.000000200. The number of nitrogens with zero attached hydrogens (tertiary/aromatic N) is 3. The summed E-state index contributed by atoms with van der Waals surface area (Å²) in [4.78, 5) is 13.0. The molecule has 0 saturated heterocycles. The summed E-state index contributed by atoms with van der Waals surface area (Å²) in [5.41, 5.74) is 4.80. The van der Waals surface area contributed by atoms with E-state index in [1.807, 2.05) is 36.5 Å². The van der Waals surface area contributed by atoms with Crippen molar-refractivity contribution in [1.82, 2.24) is 15.0 Å². The van der Waals surface area contributed by atoms with E-state index >= 15 is 0 Å². The molecular formula is C33H30FGeIrN3O-2. The molecule has 4 nitrogen and oxygen atoms in total. The standard InChI is InChI=1S/C19H14FN2O.C14H16GeN.Ir/c1-11(2)12-7-9-21-16(10-12)13-5-6-15(20)17-14-4-3-8-22-19(14)23-18(13)17;1-15(2,3)13-9-10-14(16-11-13)12-7-5-4-6-8-12;/h3-4,6-11H,1-2H3;4-7,9-11H,1-3H3;/q2*-1;/i11D;;. The molecule has 0 atom stereocenters. The molecule has 0 bridgehead atoms. The summed E-state index contributed by atoms with van der Waals surface area (Å²) in [5, 5.41) is 1.00. The van der Waals surface area contributed by atoms with Crippen LogP contribution in [-0.4, -0.2) is 28.2 Å². The molecule has 4 aromatic heterocycles. The molecule has 7 heteroatoms. The summed E-state index contributed by atoms with van der Waals surface area (Å²) in [5.74, 6) is 5.98. The van der Waals surface area contributed by atoms with E-state index in [-0.39, 0.29) is 20.1 Å². The molecule has 205 valence electrons. The van der Waals surface area contributed by atoms with Crippen molar-refractivity contribution in [1.29, 1.82) is 0 Å². The fraction of sp³-hybridized carbons (Fsp3) is 0.182. The second kappa shape index (κ2) is 12.5. The van der Waals surface area contributed by atoms with E-state index in [1.54, 1.807) is 44.4 Å². The van der Waals surface area contributed by atoms with Crippen LogP contribution in [0.3, 0.4) is 0 Å². The van der Waals surface area contributed by atoms with Gasteiger partial charge in [0.25, 0.3) is 0 Å². The van der Waals surface area contributed by atoms with Gasteiger partial charge in [0.05, 0.1) is 5.58 Å². The van der Waals surface area contributed by atoms with E-state index < -0.39 is 25.0 Å². The van der Waals surface area contributed by atoms with E-state index in [0.717, 1.165) is 16.8 Å². The molecule has 1 radical (unpaired) electrons. The molecule has 0 spiro atoms. The SMILES string of the molecule is [2H]C(C)(C)c1ccnc(-c2[c-]cc(F)c3c2oc2ncccc23)c1.[CH3][Ge]([CH3])([CH3])[c]1ccc(-c2[c-]cccc2)nc1.[Ir]. The van der Waals surface area contributed by atoms with E-state index in [2.05, 4.69) is 56.5 Å². The van der Waals surface area contributed by atoms with Crippen LogP contribution in [0.5, 0.6) is 0 Å². The van der Waals surface area contributed by atoms with Crippen molar-refractivity contribution < 1.29 is 30.3 Å². The number of benzene rings is 2. The Labute approximate surface area is 252 Å². The fourth-order valence-electron chi connectivity index (χ4n) is 4.24. The first-order valence-corrected chi connectivity index (χ1v) is 20.1. The molecule has 40 heavy (non-hydrogen) atoms. The first-order valence-electron chi connectivity index (χ1n) is 13.3. The Kier molecular flexibility index (Phi) is 8.89. The smallest absolute Gasteiger partial charge is 0 e. The molecule has 0 amide bonds. The maximum absolute atomic E-state index is 14.3. The van der Waals surface area contributed by atoms with Crippen LogP contribution >= 0.6 is 0 Å². The van der Waals surface area contributed by atoms with Gasteiger partial charge in [0.1, 0.15) is 0 Å². The van der Waals surface area contributed by atoms with Crippen LogP contribution in [0.4, 0.5) is 4.39 Å². The minimum Gasteiger partial charge on any atom is 0 e. The largest absolute Gasteiger partial charge is 0 e. The van der Waals surface area contributed by atoms with Crippen LogP contribution in [0.2, 0.25) is 17.3 Å². The van der Waals surface area contributed by atoms with Crippen molar-refractivity contribution in [3.8, 4) is 22.5 Å². The third-order valence-corrected chi connectivity index (χ3v) is 10.7. The van der Waals surface area contributed by atoms with Crippen LogP contribution in [0, 0.1) is 17.9 Å². The van der Waals surface area contributed by atoms with Gasteiger partial charge in [-0.15, -0.1) is 12.1 Å². The first-order chi connectivity index (χ1) is 19.0. The predicted molar refractivity (Wildman–Crippen MR) is 159 cm³/mol. The van der Waals surface area contributed by atoms with E-state index in [0.29, 0.717) is 33.3 Å². The quantitative estimate of drug-likeness (QED) is 0.134. The molecule has 0 aliphatic carbocycles. The molecule has 0 unspecified atom stereocenters. The average molecular weight is 769 g/mol. The predicted octanol–water partition coefficient (Wildman–Crippen LogP) is 8.20. The number of halogens is 1. The number of pyridine rings is 3. The summed E-state index contributed by atoms with van der Waals surface area (Å²) in [6, 6.07) is 26.8. The molecule has 0 N–H and O–H groups in total. The topological polar surface area (TPSA) is 51.8 Å². The summed E-state index contributed by atoms with van der Waals surface area (Å²) < 4.78 is 29.7. The zero-order valence-corrected chi connectivity index (χ0v) is 27.5. The molecule has 6 rings (SSSR count). The molecule has 6 aromatic rings. The van der Waals surface area contributed by atoms with Crippen molar-refractivity contribution in [3.63, 3.8) is 0 Å². The summed E-state index contributed by atoms with van der Waals surface area (Å²) in [6.45, 7) is 3.61. The van der Waals surface area contributed by atoms with Gasteiger partial charge in [0.2, 0.25) is 5.71 Å².